The van der Waals surface area contributed by atoms with Gasteiger partial charge < -0.3 is 15.1 Å². The predicted molar refractivity (Wildman–Crippen MR) is 107 cm³/mol. The van der Waals surface area contributed by atoms with E-state index in [0.717, 1.165) is 54.2 Å². The first kappa shape index (κ1) is 17.7. The van der Waals surface area contributed by atoms with Crippen LogP contribution in [-0.2, 0) is 6.54 Å². The van der Waals surface area contributed by atoms with Crippen molar-refractivity contribution in [3.05, 3.63) is 59.8 Å². The fourth-order valence-electron chi connectivity index (χ4n) is 3.14. The molecule has 3 aromatic rings. The van der Waals surface area contributed by atoms with Gasteiger partial charge in [-0.25, -0.2) is 14.4 Å². The highest BCUT2D eigenvalue weighted by Crippen LogP contribution is 2.21. The molecule has 0 atom stereocenters. The molecule has 0 spiro atoms. The zero-order valence-electron chi connectivity index (χ0n) is 15.1. The number of pyridine rings is 1. The van der Waals surface area contributed by atoms with Gasteiger partial charge in [-0.15, -0.1) is 0 Å². The van der Waals surface area contributed by atoms with Crippen LogP contribution in [0, 0.1) is 12.7 Å². The van der Waals surface area contributed by atoms with Crippen LogP contribution in [0.25, 0.3) is 0 Å². The summed E-state index contributed by atoms with van der Waals surface area (Å²) in [4.78, 5) is 13.4. The molecular weight excluding hydrogens is 363 g/mol. The third kappa shape index (κ3) is 4.33. The lowest BCUT2D eigenvalue weighted by Gasteiger charge is -2.36. The maximum Gasteiger partial charge on any atom is 0.202 e. The Kier molecular flexibility index (Phi) is 5.15. The molecule has 1 fully saturated rings. The Hall–Kier alpha value is -2.74. The van der Waals surface area contributed by atoms with Gasteiger partial charge in [-0.05, 0) is 48.9 Å². The van der Waals surface area contributed by atoms with Gasteiger partial charge in [0.15, 0.2) is 0 Å². The fraction of sp³-hybridized carbons (Fsp3) is 0.316. The maximum absolute atomic E-state index is 13.1. The maximum atomic E-state index is 13.1. The Balaban J connectivity index is 1.36. The van der Waals surface area contributed by atoms with Gasteiger partial charge in [-0.1, -0.05) is 0 Å². The van der Waals surface area contributed by atoms with Gasteiger partial charge in [0.1, 0.15) is 17.5 Å². The average Bonchev–Trinajstić information content (AvgIpc) is 3.13. The molecule has 1 aromatic carbocycles. The van der Waals surface area contributed by atoms with Crippen molar-refractivity contribution in [2.45, 2.75) is 13.5 Å². The third-order valence-corrected chi connectivity index (χ3v) is 5.34. The summed E-state index contributed by atoms with van der Waals surface area (Å²) in [6, 6.07) is 10.8. The summed E-state index contributed by atoms with van der Waals surface area (Å²) < 4.78 is 17.3. The average molecular weight is 384 g/mol. The van der Waals surface area contributed by atoms with E-state index in [1.165, 1.54) is 23.7 Å². The predicted octanol–water partition coefficient (Wildman–Crippen LogP) is 3.32. The Morgan fingerprint density at radius 2 is 1.81 bits per heavy atom. The first-order valence-corrected chi connectivity index (χ1v) is 9.69. The summed E-state index contributed by atoms with van der Waals surface area (Å²) in [5, 5.41) is 4.14. The molecule has 6 nitrogen and oxygen atoms in total. The second-order valence-corrected chi connectivity index (χ2v) is 7.22. The molecule has 2 aromatic heterocycles. The van der Waals surface area contributed by atoms with Crippen molar-refractivity contribution in [1.82, 2.24) is 14.3 Å². The van der Waals surface area contributed by atoms with Gasteiger partial charge in [0.05, 0.1) is 0 Å². The van der Waals surface area contributed by atoms with Crippen LogP contribution in [0.5, 0.6) is 0 Å². The fourth-order valence-corrected chi connectivity index (χ4v) is 3.70. The molecule has 0 saturated carbocycles. The number of aromatic nitrogens is 3. The molecule has 1 aliphatic heterocycles. The van der Waals surface area contributed by atoms with E-state index in [1.807, 2.05) is 31.3 Å². The highest BCUT2D eigenvalue weighted by Gasteiger charge is 2.18. The molecule has 4 rings (SSSR count). The summed E-state index contributed by atoms with van der Waals surface area (Å²) in [5.74, 6) is 1.58. The van der Waals surface area contributed by atoms with Crippen molar-refractivity contribution < 1.29 is 4.39 Å². The minimum absolute atomic E-state index is 0.198. The van der Waals surface area contributed by atoms with Crippen LogP contribution >= 0.6 is 11.5 Å². The smallest absolute Gasteiger partial charge is 0.202 e. The number of halogens is 1. The van der Waals surface area contributed by atoms with Crippen molar-refractivity contribution in [2.24, 2.45) is 0 Å². The van der Waals surface area contributed by atoms with Crippen molar-refractivity contribution in [2.75, 3.05) is 41.3 Å². The minimum Gasteiger partial charge on any atom is -0.368 e. The monoisotopic (exact) mass is 384 g/mol. The van der Waals surface area contributed by atoms with Crippen molar-refractivity contribution in [3.63, 3.8) is 0 Å². The van der Waals surface area contributed by atoms with E-state index in [4.69, 9.17) is 0 Å². The molecule has 0 aliphatic carbocycles. The Morgan fingerprint density at radius 1 is 1.07 bits per heavy atom. The zero-order valence-corrected chi connectivity index (χ0v) is 15.9. The molecule has 8 heteroatoms. The van der Waals surface area contributed by atoms with Gasteiger partial charge >= 0.3 is 0 Å². The minimum atomic E-state index is -0.198. The normalized spacial score (nSPS) is 14.4. The topological polar surface area (TPSA) is 57.2 Å². The van der Waals surface area contributed by atoms with E-state index < -0.39 is 0 Å². The molecule has 0 radical (unpaired) electrons. The van der Waals surface area contributed by atoms with Crippen molar-refractivity contribution in [3.8, 4) is 0 Å². The third-order valence-electron chi connectivity index (χ3n) is 4.58. The molecule has 3 heterocycles. The van der Waals surface area contributed by atoms with Crippen LogP contribution in [0.3, 0.4) is 0 Å². The second kappa shape index (κ2) is 7.87. The summed E-state index contributed by atoms with van der Waals surface area (Å²) in [6.07, 6.45) is 1.85. The number of hydrogen-bond donors (Lipinski definition) is 1. The standard InChI is InChI=1S/C19H21FN6S/c1-14-23-19(27-24-14)22-13-15-6-7-21-18(12-15)26-10-8-25(9-11-26)17-4-2-16(20)3-5-17/h2-7,12H,8-11,13H2,1H3,(H,22,23,24). The Labute approximate surface area is 161 Å². The number of piperazine rings is 1. The number of rotatable bonds is 5. The van der Waals surface area contributed by atoms with E-state index in [1.54, 1.807) is 0 Å². The van der Waals surface area contributed by atoms with Gasteiger partial charge in [-0.3, -0.25) is 0 Å². The highest BCUT2D eigenvalue weighted by molar-refractivity contribution is 7.09. The molecule has 0 bridgehead atoms. The van der Waals surface area contributed by atoms with Gasteiger partial charge in [0.25, 0.3) is 0 Å². The number of hydrogen-bond acceptors (Lipinski definition) is 7. The molecule has 1 aliphatic rings. The van der Waals surface area contributed by atoms with Crippen LogP contribution in [0.15, 0.2) is 42.6 Å². The summed E-state index contributed by atoms with van der Waals surface area (Å²) in [6.45, 7) is 6.13. The van der Waals surface area contributed by atoms with E-state index >= 15 is 0 Å². The largest absolute Gasteiger partial charge is 0.368 e. The first-order valence-electron chi connectivity index (χ1n) is 8.92. The molecule has 0 amide bonds. The van der Waals surface area contributed by atoms with Crippen LogP contribution in [0.1, 0.15) is 11.4 Å². The molecule has 0 unspecified atom stereocenters. The molecular formula is C19H21FN6S. The van der Waals surface area contributed by atoms with Gasteiger partial charge in [0.2, 0.25) is 5.13 Å². The lowest BCUT2D eigenvalue weighted by Crippen LogP contribution is -2.46. The summed E-state index contributed by atoms with van der Waals surface area (Å²) in [7, 11) is 0. The van der Waals surface area contributed by atoms with Crippen LogP contribution in [-0.4, -0.2) is 40.5 Å². The summed E-state index contributed by atoms with van der Waals surface area (Å²) in [5.41, 5.74) is 2.23. The number of benzene rings is 1. The molecule has 1 saturated heterocycles. The number of nitrogens with one attached hydrogen (secondary N) is 1. The number of nitrogens with zero attached hydrogens (tertiary/aromatic N) is 5. The van der Waals surface area contributed by atoms with Crippen molar-refractivity contribution in [1.29, 1.82) is 0 Å². The Bertz CT molecular complexity index is 889. The van der Waals surface area contributed by atoms with Crippen LogP contribution in [0.2, 0.25) is 0 Å². The quantitative estimate of drug-likeness (QED) is 0.728. The number of anilines is 3. The lowest BCUT2D eigenvalue weighted by molar-refractivity contribution is 0.624. The van der Waals surface area contributed by atoms with Crippen LogP contribution < -0.4 is 15.1 Å². The van der Waals surface area contributed by atoms with Crippen molar-refractivity contribution >= 4 is 28.2 Å². The lowest BCUT2D eigenvalue weighted by atomic mass is 10.2. The van der Waals surface area contributed by atoms with E-state index in [0.29, 0.717) is 6.54 Å². The highest BCUT2D eigenvalue weighted by atomic mass is 32.1. The Morgan fingerprint density at radius 3 is 2.52 bits per heavy atom. The van der Waals surface area contributed by atoms with Gasteiger partial charge in [0, 0.05) is 56.1 Å². The zero-order chi connectivity index (χ0) is 18.6. The van der Waals surface area contributed by atoms with E-state index in [-0.39, 0.29) is 5.82 Å². The molecule has 27 heavy (non-hydrogen) atoms. The van der Waals surface area contributed by atoms with E-state index in [9.17, 15) is 4.39 Å². The van der Waals surface area contributed by atoms with Crippen LogP contribution in [0.4, 0.5) is 21.0 Å². The van der Waals surface area contributed by atoms with Gasteiger partial charge in [-0.2, -0.15) is 4.37 Å². The van der Waals surface area contributed by atoms with E-state index in [2.05, 4.69) is 35.5 Å². The number of aryl methyl sites for hydroxylation is 1. The summed E-state index contributed by atoms with van der Waals surface area (Å²) >= 11 is 1.37. The molecule has 1 N–H and O–H groups in total. The molecule has 140 valence electrons. The second-order valence-electron chi connectivity index (χ2n) is 6.47. The first-order chi connectivity index (χ1) is 13.2. The SMILES string of the molecule is Cc1nsc(NCc2ccnc(N3CCN(c4ccc(F)cc4)CC3)c2)n1.